The Bertz CT molecular complexity index is 1370. The van der Waals surface area contributed by atoms with Crippen molar-refractivity contribution in [3.05, 3.63) is 54.6 Å². The summed E-state index contributed by atoms with van der Waals surface area (Å²) in [5.74, 6) is -0.714. The largest absolute Gasteiger partial charge is 0.505 e. The molecule has 0 spiro atoms. The van der Waals surface area contributed by atoms with Crippen molar-refractivity contribution in [2.75, 3.05) is 12.4 Å². The molecule has 0 amide bonds. The van der Waals surface area contributed by atoms with Crippen molar-refractivity contribution < 1.29 is 45.3 Å². The minimum absolute atomic E-state index is 0.0170. The zero-order valence-electron chi connectivity index (χ0n) is 16.4. The van der Waals surface area contributed by atoms with Gasteiger partial charge in [-0.05, 0) is 30.3 Å². The normalized spacial score (nSPS) is 12.5. The molecule has 0 aliphatic heterocycles. The first kappa shape index (κ1) is 25.0. The van der Waals surface area contributed by atoms with E-state index in [4.69, 9.17) is 9.44 Å². The highest BCUT2D eigenvalue weighted by Crippen LogP contribution is 2.39. The summed E-state index contributed by atoms with van der Waals surface area (Å²) >= 11 is 0.262. The first-order chi connectivity index (χ1) is 15.6. The molecule has 0 aliphatic carbocycles. The summed E-state index contributed by atoms with van der Waals surface area (Å²) in [6.45, 7) is -0.241. The SMILES string of the molecule is O=S(=O)(O)c1cc(N=Nc2ccc(S(=O)(=O)CCOSOOO)cc2)c(O)c2ccccc12. The lowest BCUT2D eigenvalue weighted by molar-refractivity contribution is -0.434. The van der Waals surface area contributed by atoms with Gasteiger partial charge in [0.05, 0.1) is 22.9 Å². The van der Waals surface area contributed by atoms with Crippen LogP contribution in [-0.4, -0.2) is 44.1 Å². The van der Waals surface area contributed by atoms with Crippen LogP contribution in [-0.2, 0) is 33.5 Å². The minimum Gasteiger partial charge on any atom is -0.505 e. The van der Waals surface area contributed by atoms with Gasteiger partial charge in [-0.2, -0.15) is 13.5 Å². The van der Waals surface area contributed by atoms with Gasteiger partial charge in [0.2, 0.25) is 0 Å². The second-order valence-electron chi connectivity index (χ2n) is 6.31. The van der Waals surface area contributed by atoms with Crippen LogP contribution in [0.15, 0.2) is 74.6 Å². The van der Waals surface area contributed by atoms with Crippen LogP contribution in [0.25, 0.3) is 10.8 Å². The monoisotopic (exact) mass is 516 g/mol. The van der Waals surface area contributed by atoms with Crippen molar-refractivity contribution in [1.29, 1.82) is 0 Å². The molecule has 0 saturated heterocycles. The van der Waals surface area contributed by atoms with E-state index in [-0.39, 0.29) is 57.5 Å². The highest BCUT2D eigenvalue weighted by Gasteiger charge is 2.19. The summed E-state index contributed by atoms with van der Waals surface area (Å²) in [6, 6.07) is 12.3. The van der Waals surface area contributed by atoms with Gasteiger partial charge in [-0.15, -0.1) is 9.45 Å². The van der Waals surface area contributed by atoms with Crippen molar-refractivity contribution in [1.82, 2.24) is 0 Å². The quantitative estimate of drug-likeness (QED) is 0.0885. The Morgan fingerprint density at radius 2 is 1.61 bits per heavy atom. The van der Waals surface area contributed by atoms with E-state index in [2.05, 4.69) is 19.6 Å². The van der Waals surface area contributed by atoms with Gasteiger partial charge in [0.25, 0.3) is 10.1 Å². The zero-order chi connectivity index (χ0) is 24.1. The maximum atomic E-state index is 12.3. The topological polar surface area (TPSA) is 181 Å². The van der Waals surface area contributed by atoms with E-state index in [1.54, 1.807) is 12.1 Å². The minimum atomic E-state index is -4.61. The Balaban J connectivity index is 1.82. The number of rotatable bonds is 10. The predicted octanol–water partition coefficient (Wildman–Crippen LogP) is 3.98. The standard InChI is InChI=1S/C18H16N2O10S3/c21-18-15-4-2-1-3-14(15)17(33(25,26)27)11-16(18)20-19-12-5-7-13(8-6-12)32(23,24)10-9-28-31-30-29-22/h1-8,11,21-22H,9-10H2,(H,25,26,27). The van der Waals surface area contributed by atoms with E-state index in [9.17, 15) is 26.5 Å². The Kier molecular flexibility index (Phi) is 7.98. The maximum Gasteiger partial charge on any atom is 0.295 e. The van der Waals surface area contributed by atoms with Crippen LogP contribution in [0.4, 0.5) is 11.4 Å². The van der Waals surface area contributed by atoms with Crippen LogP contribution >= 0.6 is 12.3 Å². The lowest BCUT2D eigenvalue weighted by Gasteiger charge is -2.08. The molecular formula is C18H16N2O10S3. The summed E-state index contributed by atoms with van der Waals surface area (Å²) in [6.07, 6.45) is 0. The Morgan fingerprint density at radius 3 is 2.24 bits per heavy atom. The van der Waals surface area contributed by atoms with Gasteiger partial charge in [0.1, 0.15) is 10.6 Å². The fourth-order valence-electron chi connectivity index (χ4n) is 2.76. The van der Waals surface area contributed by atoms with Crippen LogP contribution in [0, 0.1) is 0 Å². The number of phenols is 1. The van der Waals surface area contributed by atoms with E-state index in [0.717, 1.165) is 6.07 Å². The highest BCUT2D eigenvalue weighted by molar-refractivity contribution is 7.91. The molecule has 0 saturated carbocycles. The molecule has 33 heavy (non-hydrogen) atoms. The maximum absolute atomic E-state index is 12.3. The number of hydrogen-bond acceptors (Lipinski definition) is 12. The lowest BCUT2D eigenvalue weighted by atomic mass is 10.1. The molecule has 3 N–H and O–H groups in total. The molecule has 3 aromatic rings. The molecule has 0 atom stereocenters. The summed E-state index contributed by atoms with van der Waals surface area (Å²) < 4.78 is 66.3. The second kappa shape index (κ2) is 10.5. The van der Waals surface area contributed by atoms with Crippen LogP contribution < -0.4 is 0 Å². The average molecular weight is 517 g/mol. The van der Waals surface area contributed by atoms with E-state index >= 15 is 0 Å². The summed E-state index contributed by atoms with van der Waals surface area (Å²) in [4.78, 5) is -0.459. The van der Waals surface area contributed by atoms with Gasteiger partial charge in [0.15, 0.2) is 27.9 Å². The highest BCUT2D eigenvalue weighted by atomic mass is 32.2. The third kappa shape index (κ3) is 6.24. The zero-order valence-corrected chi connectivity index (χ0v) is 18.9. The average Bonchev–Trinajstić information content (AvgIpc) is 2.78. The molecule has 0 bridgehead atoms. The number of hydrogen-bond donors (Lipinski definition) is 3. The summed E-state index contributed by atoms with van der Waals surface area (Å²) in [5.41, 5.74) is 0.0111. The van der Waals surface area contributed by atoms with Gasteiger partial charge >= 0.3 is 0 Å². The molecule has 3 aromatic carbocycles. The van der Waals surface area contributed by atoms with Crippen molar-refractivity contribution in [2.45, 2.75) is 9.79 Å². The second-order valence-corrected chi connectivity index (χ2v) is 10.3. The van der Waals surface area contributed by atoms with Crippen molar-refractivity contribution in [3.8, 4) is 5.75 Å². The van der Waals surface area contributed by atoms with E-state index in [1.807, 2.05) is 0 Å². The number of nitrogens with zero attached hydrogens (tertiary/aromatic N) is 2. The first-order valence-corrected chi connectivity index (χ1v) is 12.6. The third-order valence-electron chi connectivity index (χ3n) is 4.25. The fraction of sp³-hybridized carbons (Fsp3) is 0.111. The molecular weight excluding hydrogens is 500 g/mol. The molecule has 0 radical (unpaired) electrons. The van der Waals surface area contributed by atoms with Gasteiger partial charge in [-0.25, -0.2) is 13.7 Å². The van der Waals surface area contributed by atoms with Gasteiger partial charge in [-0.3, -0.25) is 8.74 Å². The molecule has 0 unspecified atom stereocenters. The van der Waals surface area contributed by atoms with Gasteiger partial charge in [0, 0.05) is 10.8 Å². The Hall–Kier alpha value is -2.63. The number of phenolic OH excluding ortho intramolecular Hbond substituents is 1. The molecule has 176 valence electrons. The van der Waals surface area contributed by atoms with Crippen LogP contribution in [0.5, 0.6) is 5.75 Å². The molecule has 0 aliphatic rings. The third-order valence-corrected chi connectivity index (χ3v) is 7.21. The van der Waals surface area contributed by atoms with Crippen molar-refractivity contribution in [3.63, 3.8) is 0 Å². The van der Waals surface area contributed by atoms with E-state index in [0.29, 0.717) is 0 Å². The number of azo groups is 1. The van der Waals surface area contributed by atoms with Gasteiger partial charge < -0.3 is 5.11 Å². The number of benzene rings is 3. The molecule has 0 aromatic heterocycles. The fourth-order valence-corrected chi connectivity index (χ4v) is 4.89. The first-order valence-electron chi connectivity index (χ1n) is 8.86. The van der Waals surface area contributed by atoms with Crippen molar-refractivity contribution >= 4 is 54.4 Å². The predicted molar refractivity (Wildman–Crippen MR) is 116 cm³/mol. The van der Waals surface area contributed by atoms with Crippen LogP contribution in [0.3, 0.4) is 0 Å². The van der Waals surface area contributed by atoms with E-state index < -0.39 is 24.9 Å². The molecule has 0 fully saturated rings. The number of fused-ring (bicyclic) bond motifs is 1. The molecule has 15 heteroatoms. The van der Waals surface area contributed by atoms with E-state index in [1.165, 1.54) is 36.4 Å². The molecule has 0 heterocycles. The number of sulfone groups is 1. The van der Waals surface area contributed by atoms with Gasteiger partial charge in [-0.1, -0.05) is 29.3 Å². The summed E-state index contributed by atoms with van der Waals surface area (Å²) in [7, 11) is -8.29. The van der Waals surface area contributed by atoms with Crippen molar-refractivity contribution in [2.24, 2.45) is 10.2 Å². The molecule has 12 nitrogen and oxygen atoms in total. The number of aromatic hydroxyl groups is 1. The van der Waals surface area contributed by atoms with Crippen LogP contribution in [0.2, 0.25) is 0 Å². The van der Waals surface area contributed by atoms with Crippen LogP contribution in [0.1, 0.15) is 0 Å². The Labute approximate surface area is 192 Å². The lowest BCUT2D eigenvalue weighted by Crippen LogP contribution is -2.10. The molecule has 3 rings (SSSR count). The smallest absolute Gasteiger partial charge is 0.295 e. The Morgan fingerprint density at radius 1 is 0.939 bits per heavy atom. The summed E-state index contributed by atoms with van der Waals surface area (Å²) in [5, 5.41) is 29.7.